The molecule has 1 aromatic rings. The number of benzene rings is 1. The standard InChI is InChI=1S/C16H23F2N3O.ClH/c1-2-21(10-12-6-8-19-9-7-12)11-15(22)20-16-13(17)4-3-5-14(16)18;/h3-5,12,19H,2,6-11H2,1H3,(H,20,22);1H. The predicted molar refractivity (Wildman–Crippen MR) is 89.9 cm³/mol. The summed E-state index contributed by atoms with van der Waals surface area (Å²) in [6.07, 6.45) is 2.19. The van der Waals surface area contributed by atoms with Gasteiger partial charge in [0, 0.05) is 6.54 Å². The van der Waals surface area contributed by atoms with Crippen molar-refractivity contribution in [3.05, 3.63) is 29.8 Å². The number of rotatable bonds is 6. The van der Waals surface area contributed by atoms with Crippen molar-refractivity contribution in [1.29, 1.82) is 0 Å². The number of carbonyl (C=O) groups excluding carboxylic acids is 1. The van der Waals surface area contributed by atoms with Crippen LogP contribution in [-0.4, -0.2) is 43.5 Å². The van der Waals surface area contributed by atoms with Gasteiger partial charge in [-0.25, -0.2) is 8.78 Å². The van der Waals surface area contributed by atoms with E-state index in [2.05, 4.69) is 10.6 Å². The van der Waals surface area contributed by atoms with Crippen LogP contribution in [0.1, 0.15) is 19.8 Å². The number of hydrogen-bond donors (Lipinski definition) is 2. The van der Waals surface area contributed by atoms with E-state index < -0.39 is 11.6 Å². The molecule has 7 heteroatoms. The van der Waals surface area contributed by atoms with E-state index in [-0.39, 0.29) is 30.5 Å². The molecule has 1 saturated heterocycles. The van der Waals surface area contributed by atoms with Gasteiger partial charge in [-0.1, -0.05) is 13.0 Å². The molecular weight excluding hydrogens is 324 g/mol. The SMILES string of the molecule is CCN(CC(=O)Nc1c(F)cccc1F)CC1CCNCC1.Cl. The molecule has 0 atom stereocenters. The van der Waals surface area contributed by atoms with E-state index in [1.165, 1.54) is 6.07 Å². The Labute approximate surface area is 142 Å². The van der Waals surface area contributed by atoms with E-state index in [1.54, 1.807) is 0 Å². The van der Waals surface area contributed by atoms with E-state index in [4.69, 9.17) is 0 Å². The van der Waals surface area contributed by atoms with Gasteiger partial charge < -0.3 is 10.6 Å². The summed E-state index contributed by atoms with van der Waals surface area (Å²) in [6, 6.07) is 3.53. The van der Waals surface area contributed by atoms with Gasteiger partial charge in [-0.05, 0) is 50.5 Å². The molecule has 0 aromatic heterocycles. The van der Waals surface area contributed by atoms with Crippen LogP contribution in [0.3, 0.4) is 0 Å². The first-order valence-electron chi connectivity index (χ1n) is 7.77. The lowest BCUT2D eigenvalue weighted by Crippen LogP contribution is -2.39. The molecule has 23 heavy (non-hydrogen) atoms. The third-order valence-electron chi connectivity index (χ3n) is 4.02. The monoisotopic (exact) mass is 347 g/mol. The normalized spacial score (nSPS) is 15.3. The van der Waals surface area contributed by atoms with Crippen molar-refractivity contribution in [3.63, 3.8) is 0 Å². The van der Waals surface area contributed by atoms with E-state index in [1.807, 2.05) is 11.8 Å². The fourth-order valence-corrected chi connectivity index (χ4v) is 2.73. The summed E-state index contributed by atoms with van der Waals surface area (Å²) in [5, 5.41) is 5.65. The van der Waals surface area contributed by atoms with E-state index in [9.17, 15) is 13.6 Å². The molecule has 0 bridgehead atoms. The molecule has 0 aliphatic carbocycles. The van der Waals surface area contributed by atoms with Crippen LogP contribution in [0.15, 0.2) is 18.2 Å². The number of nitrogens with zero attached hydrogens (tertiary/aromatic N) is 1. The third kappa shape index (κ3) is 6.05. The maximum Gasteiger partial charge on any atom is 0.238 e. The lowest BCUT2D eigenvalue weighted by molar-refractivity contribution is -0.117. The molecule has 1 aromatic carbocycles. The number of nitrogens with one attached hydrogen (secondary N) is 2. The molecule has 4 nitrogen and oxygen atoms in total. The number of carbonyl (C=O) groups is 1. The maximum absolute atomic E-state index is 13.5. The number of amides is 1. The minimum Gasteiger partial charge on any atom is -0.320 e. The first-order valence-corrected chi connectivity index (χ1v) is 7.77. The molecule has 1 heterocycles. The number of anilines is 1. The highest BCUT2D eigenvalue weighted by molar-refractivity contribution is 5.92. The fraction of sp³-hybridized carbons (Fsp3) is 0.562. The number of piperidine rings is 1. The van der Waals surface area contributed by atoms with Crippen molar-refractivity contribution in [3.8, 4) is 0 Å². The van der Waals surface area contributed by atoms with Crippen LogP contribution in [-0.2, 0) is 4.79 Å². The van der Waals surface area contributed by atoms with Crippen LogP contribution in [0.2, 0.25) is 0 Å². The summed E-state index contributed by atoms with van der Waals surface area (Å²) in [7, 11) is 0. The smallest absolute Gasteiger partial charge is 0.238 e. The highest BCUT2D eigenvalue weighted by atomic mass is 35.5. The fourth-order valence-electron chi connectivity index (χ4n) is 2.73. The zero-order valence-corrected chi connectivity index (χ0v) is 14.1. The Kier molecular flexibility index (Phi) is 8.44. The predicted octanol–water partition coefficient (Wildman–Crippen LogP) is 2.65. The molecule has 0 unspecified atom stereocenters. The molecule has 1 amide bonds. The zero-order chi connectivity index (χ0) is 15.9. The summed E-state index contributed by atoms with van der Waals surface area (Å²) in [5.74, 6) is -1.33. The van der Waals surface area contributed by atoms with Crippen molar-refractivity contribution < 1.29 is 13.6 Å². The molecular formula is C16H24ClF2N3O. The topological polar surface area (TPSA) is 44.4 Å². The van der Waals surface area contributed by atoms with E-state index in [0.717, 1.165) is 51.2 Å². The van der Waals surface area contributed by atoms with Gasteiger partial charge in [0.15, 0.2) is 0 Å². The van der Waals surface area contributed by atoms with Gasteiger partial charge in [0.25, 0.3) is 0 Å². The molecule has 2 N–H and O–H groups in total. The van der Waals surface area contributed by atoms with Gasteiger partial charge in [-0.3, -0.25) is 9.69 Å². The summed E-state index contributed by atoms with van der Waals surface area (Å²) >= 11 is 0. The summed E-state index contributed by atoms with van der Waals surface area (Å²) in [6.45, 7) is 5.72. The van der Waals surface area contributed by atoms with Crippen molar-refractivity contribution >= 4 is 24.0 Å². The number of halogens is 3. The Bertz CT molecular complexity index is 490. The summed E-state index contributed by atoms with van der Waals surface area (Å²) in [5.41, 5.74) is -0.370. The molecule has 0 spiro atoms. The molecule has 1 fully saturated rings. The molecule has 130 valence electrons. The molecule has 0 radical (unpaired) electrons. The highest BCUT2D eigenvalue weighted by Crippen LogP contribution is 2.18. The second-order valence-electron chi connectivity index (χ2n) is 5.67. The van der Waals surface area contributed by atoms with Crippen molar-refractivity contribution in [2.24, 2.45) is 5.92 Å². The van der Waals surface area contributed by atoms with Gasteiger partial charge in [0.05, 0.1) is 6.54 Å². The number of para-hydroxylation sites is 1. The van der Waals surface area contributed by atoms with Crippen LogP contribution in [0, 0.1) is 17.6 Å². The number of likely N-dealkylation sites (N-methyl/N-ethyl adjacent to an activating group) is 1. The molecule has 0 saturated carbocycles. The summed E-state index contributed by atoms with van der Waals surface area (Å²) in [4.78, 5) is 14.0. The van der Waals surface area contributed by atoms with E-state index in [0.29, 0.717) is 5.92 Å². The van der Waals surface area contributed by atoms with Crippen LogP contribution in [0.5, 0.6) is 0 Å². The molecule has 1 aliphatic rings. The minimum atomic E-state index is -0.755. The third-order valence-corrected chi connectivity index (χ3v) is 4.02. The lowest BCUT2D eigenvalue weighted by Gasteiger charge is -2.28. The van der Waals surface area contributed by atoms with Gasteiger partial charge in [0.2, 0.25) is 5.91 Å². The Morgan fingerprint density at radius 2 is 1.91 bits per heavy atom. The quantitative estimate of drug-likeness (QED) is 0.831. The molecule has 2 rings (SSSR count). The Morgan fingerprint density at radius 3 is 2.48 bits per heavy atom. The lowest BCUT2D eigenvalue weighted by atomic mass is 9.97. The van der Waals surface area contributed by atoms with Gasteiger partial charge in [0.1, 0.15) is 17.3 Å². The first-order chi connectivity index (χ1) is 10.6. The van der Waals surface area contributed by atoms with Gasteiger partial charge >= 0.3 is 0 Å². The molecule has 1 aliphatic heterocycles. The van der Waals surface area contributed by atoms with Crippen LogP contribution in [0.4, 0.5) is 14.5 Å². The van der Waals surface area contributed by atoms with Gasteiger partial charge in [-0.2, -0.15) is 0 Å². The number of hydrogen-bond acceptors (Lipinski definition) is 3. The van der Waals surface area contributed by atoms with Crippen LogP contribution >= 0.6 is 12.4 Å². The van der Waals surface area contributed by atoms with E-state index >= 15 is 0 Å². The second-order valence-corrected chi connectivity index (χ2v) is 5.67. The maximum atomic E-state index is 13.5. The highest BCUT2D eigenvalue weighted by Gasteiger charge is 2.19. The zero-order valence-electron chi connectivity index (χ0n) is 13.3. The van der Waals surface area contributed by atoms with Crippen LogP contribution < -0.4 is 10.6 Å². The van der Waals surface area contributed by atoms with Crippen LogP contribution in [0.25, 0.3) is 0 Å². The Morgan fingerprint density at radius 1 is 1.30 bits per heavy atom. The Balaban J connectivity index is 0.00000264. The summed E-state index contributed by atoms with van der Waals surface area (Å²) < 4.78 is 27.1. The van der Waals surface area contributed by atoms with Crippen molar-refractivity contribution in [2.45, 2.75) is 19.8 Å². The largest absolute Gasteiger partial charge is 0.320 e. The van der Waals surface area contributed by atoms with Gasteiger partial charge in [-0.15, -0.1) is 12.4 Å². The minimum absolute atomic E-state index is 0. The van der Waals surface area contributed by atoms with Crippen molar-refractivity contribution in [1.82, 2.24) is 10.2 Å². The van der Waals surface area contributed by atoms with Crippen molar-refractivity contribution in [2.75, 3.05) is 38.0 Å². The average molecular weight is 348 g/mol. The second kappa shape index (κ2) is 9.80. The Hall–Kier alpha value is -1.24. The first kappa shape index (κ1) is 19.8. The average Bonchev–Trinajstić information content (AvgIpc) is 2.51.